The number of alkyl halides is 1. The monoisotopic (exact) mass is 202 g/mol. The molecule has 0 aromatic carbocycles. The number of halogens is 1. The van der Waals surface area contributed by atoms with Crippen molar-refractivity contribution in [3.63, 3.8) is 0 Å². The van der Waals surface area contributed by atoms with Gasteiger partial charge in [0.05, 0.1) is 17.7 Å². The molecule has 0 unspecified atom stereocenters. The molecule has 0 radical (unpaired) electrons. The highest BCUT2D eigenvalue weighted by atomic mass is 35.5. The van der Waals surface area contributed by atoms with E-state index in [9.17, 15) is 9.90 Å². The van der Waals surface area contributed by atoms with E-state index in [4.69, 9.17) is 16.0 Å². The lowest BCUT2D eigenvalue weighted by Gasteiger charge is -2.15. The van der Waals surface area contributed by atoms with Gasteiger partial charge in [-0.3, -0.25) is 4.79 Å². The Morgan fingerprint density at radius 3 is 2.77 bits per heavy atom. The fourth-order valence-electron chi connectivity index (χ4n) is 1.07. The molecule has 0 amide bonds. The molecule has 1 N–H and O–H groups in total. The van der Waals surface area contributed by atoms with Crippen LogP contribution in [-0.4, -0.2) is 16.8 Å². The highest BCUT2D eigenvalue weighted by Crippen LogP contribution is 2.25. The van der Waals surface area contributed by atoms with Gasteiger partial charge in [0.15, 0.2) is 5.76 Å². The van der Waals surface area contributed by atoms with Crippen LogP contribution >= 0.6 is 11.6 Å². The van der Waals surface area contributed by atoms with Crippen molar-refractivity contribution in [3.05, 3.63) is 23.7 Å². The molecule has 1 heterocycles. The molecule has 0 bridgehead atoms. The van der Waals surface area contributed by atoms with E-state index in [-0.39, 0.29) is 17.4 Å². The van der Waals surface area contributed by atoms with Crippen LogP contribution in [0.2, 0.25) is 0 Å². The topological polar surface area (TPSA) is 50.4 Å². The number of hydrogen-bond donors (Lipinski definition) is 1. The summed E-state index contributed by atoms with van der Waals surface area (Å²) in [4.78, 5) is 11.2. The number of hydrogen-bond acceptors (Lipinski definition) is 3. The van der Waals surface area contributed by atoms with Gasteiger partial charge in [0.25, 0.3) is 0 Å². The minimum atomic E-state index is -1.08. The fraction of sp³-hybridized carbons (Fsp3) is 0.444. The lowest BCUT2D eigenvalue weighted by Crippen LogP contribution is -2.18. The molecule has 13 heavy (non-hydrogen) atoms. The number of aliphatic hydroxyl groups is 1. The highest BCUT2D eigenvalue weighted by Gasteiger charge is 2.25. The summed E-state index contributed by atoms with van der Waals surface area (Å²) in [6.07, 6.45) is 1.37. The quantitative estimate of drug-likeness (QED) is 0.602. The Labute approximate surface area is 81.3 Å². The molecule has 0 spiro atoms. The zero-order valence-corrected chi connectivity index (χ0v) is 8.26. The summed E-state index contributed by atoms with van der Waals surface area (Å²) in [5, 5.41) is 9.65. The van der Waals surface area contributed by atoms with E-state index in [2.05, 4.69) is 0 Å². The van der Waals surface area contributed by atoms with Gasteiger partial charge in [-0.05, 0) is 19.9 Å². The Morgan fingerprint density at radius 1 is 1.69 bits per heavy atom. The Hall–Kier alpha value is -0.800. The van der Waals surface area contributed by atoms with Gasteiger partial charge < -0.3 is 9.52 Å². The first-order valence-corrected chi connectivity index (χ1v) is 4.39. The van der Waals surface area contributed by atoms with Gasteiger partial charge in [0.2, 0.25) is 5.78 Å². The predicted molar refractivity (Wildman–Crippen MR) is 49.0 cm³/mol. The van der Waals surface area contributed by atoms with E-state index in [1.165, 1.54) is 6.26 Å². The second kappa shape index (κ2) is 3.52. The van der Waals surface area contributed by atoms with Crippen LogP contribution in [0, 0.1) is 0 Å². The average Bonchev–Trinajstić information content (AvgIpc) is 2.49. The highest BCUT2D eigenvalue weighted by molar-refractivity contribution is 6.30. The summed E-state index contributed by atoms with van der Waals surface area (Å²) in [6.45, 7) is 3.17. The first kappa shape index (κ1) is 10.3. The van der Waals surface area contributed by atoms with Gasteiger partial charge in [-0.15, -0.1) is 11.6 Å². The van der Waals surface area contributed by atoms with E-state index < -0.39 is 5.60 Å². The lowest BCUT2D eigenvalue weighted by atomic mass is 9.98. The third-order valence-corrected chi connectivity index (χ3v) is 1.94. The first-order chi connectivity index (χ1) is 5.96. The zero-order valence-electron chi connectivity index (χ0n) is 7.50. The molecular formula is C9H11ClO3. The molecule has 0 aliphatic carbocycles. The first-order valence-electron chi connectivity index (χ1n) is 3.86. The van der Waals surface area contributed by atoms with Gasteiger partial charge in [-0.1, -0.05) is 0 Å². The number of carbonyl (C=O) groups is 1. The summed E-state index contributed by atoms with van der Waals surface area (Å²) in [7, 11) is 0. The molecule has 0 fully saturated rings. The van der Waals surface area contributed by atoms with Crippen molar-refractivity contribution in [2.24, 2.45) is 0 Å². The standard InChI is InChI=1S/C9H11ClO3/c1-9(2,12)6-3-4-13-8(6)7(11)5-10/h3-4,12H,5H2,1-2H3. The molecule has 1 aromatic heterocycles. The number of ketones is 1. The Kier molecular flexibility index (Phi) is 2.78. The van der Waals surface area contributed by atoms with Gasteiger partial charge in [-0.2, -0.15) is 0 Å². The summed E-state index contributed by atoms with van der Waals surface area (Å²) in [6, 6.07) is 1.57. The van der Waals surface area contributed by atoms with Crippen molar-refractivity contribution < 1.29 is 14.3 Å². The maximum atomic E-state index is 11.2. The van der Waals surface area contributed by atoms with Crippen molar-refractivity contribution in [1.82, 2.24) is 0 Å². The van der Waals surface area contributed by atoms with Gasteiger partial charge in [0, 0.05) is 5.56 Å². The second-order valence-electron chi connectivity index (χ2n) is 3.28. The Bertz CT molecular complexity index is 309. The SMILES string of the molecule is CC(C)(O)c1ccoc1C(=O)CCl. The van der Waals surface area contributed by atoms with E-state index in [1.54, 1.807) is 19.9 Å². The normalized spacial score (nSPS) is 11.7. The molecule has 3 nitrogen and oxygen atoms in total. The van der Waals surface area contributed by atoms with Crippen LogP contribution in [0.15, 0.2) is 16.7 Å². The lowest BCUT2D eigenvalue weighted by molar-refractivity contribution is 0.0739. The number of carbonyl (C=O) groups excluding carboxylic acids is 1. The molecule has 1 rings (SSSR count). The largest absolute Gasteiger partial charge is 0.461 e. The van der Waals surface area contributed by atoms with Crippen LogP contribution < -0.4 is 0 Å². The van der Waals surface area contributed by atoms with Gasteiger partial charge >= 0.3 is 0 Å². The molecule has 0 aliphatic rings. The molecule has 0 saturated carbocycles. The molecule has 0 saturated heterocycles. The minimum absolute atomic E-state index is 0.141. The van der Waals surface area contributed by atoms with Crippen LogP contribution in [-0.2, 0) is 5.60 Å². The number of Topliss-reactive ketones (excluding diaryl/α,β-unsaturated/α-hetero) is 1. The van der Waals surface area contributed by atoms with Crippen LogP contribution in [0.3, 0.4) is 0 Å². The van der Waals surface area contributed by atoms with Crippen molar-refractivity contribution in [2.45, 2.75) is 19.4 Å². The summed E-state index contributed by atoms with van der Waals surface area (Å²) < 4.78 is 4.95. The van der Waals surface area contributed by atoms with Crippen molar-refractivity contribution in [3.8, 4) is 0 Å². The molecule has 72 valence electrons. The maximum absolute atomic E-state index is 11.2. The van der Waals surface area contributed by atoms with E-state index >= 15 is 0 Å². The van der Waals surface area contributed by atoms with Crippen molar-refractivity contribution >= 4 is 17.4 Å². The van der Waals surface area contributed by atoms with Crippen LogP contribution in [0.25, 0.3) is 0 Å². The van der Waals surface area contributed by atoms with E-state index in [0.29, 0.717) is 5.56 Å². The smallest absolute Gasteiger partial charge is 0.213 e. The predicted octanol–water partition coefficient (Wildman–Crippen LogP) is 1.93. The van der Waals surface area contributed by atoms with Crippen LogP contribution in [0.1, 0.15) is 30.0 Å². The van der Waals surface area contributed by atoms with E-state index in [1.807, 2.05) is 0 Å². The number of furan rings is 1. The number of rotatable bonds is 3. The molecular weight excluding hydrogens is 192 g/mol. The van der Waals surface area contributed by atoms with Gasteiger partial charge in [0.1, 0.15) is 0 Å². The summed E-state index contributed by atoms with van der Waals surface area (Å²) >= 11 is 5.37. The Morgan fingerprint density at radius 2 is 2.31 bits per heavy atom. The van der Waals surface area contributed by atoms with Crippen molar-refractivity contribution in [2.75, 3.05) is 5.88 Å². The summed E-state index contributed by atoms with van der Waals surface area (Å²) in [5.41, 5.74) is -0.609. The molecule has 4 heteroatoms. The molecule has 1 aromatic rings. The second-order valence-corrected chi connectivity index (χ2v) is 3.55. The fourth-order valence-corrected chi connectivity index (χ4v) is 1.19. The third kappa shape index (κ3) is 2.11. The Balaban J connectivity index is 3.10. The van der Waals surface area contributed by atoms with Crippen LogP contribution in [0.4, 0.5) is 0 Å². The maximum Gasteiger partial charge on any atom is 0.213 e. The molecule has 0 aliphatic heterocycles. The molecule has 0 atom stereocenters. The average molecular weight is 203 g/mol. The zero-order chi connectivity index (χ0) is 10.1. The van der Waals surface area contributed by atoms with Gasteiger partial charge in [-0.25, -0.2) is 0 Å². The van der Waals surface area contributed by atoms with Crippen molar-refractivity contribution in [1.29, 1.82) is 0 Å². The van der Waals surface area contributed by atoms with E-state index in [0.717, 1.165) is 0 Å². The summed E-state index contributed by atoms with van der Waals surface area (Å²) in [5.74, 6) is -0.317. The van der Waals surface area contributed by atoms with Crippen LogP contribution in [0.5, 0.6) is 0 Å². The third-order valence-electron chi connectivity index (χ3n) is 1.70. The minimum Gasteiger partial charge on any atom is -0.461 e.